The highest BCUT2D eigenvalue weighted by molar-refractivity contribution is 7.99. The molecule has 0 saturated carbocycles. The summed E-state index contributed by atoms with van der Waals surface area (Å²) in [5, 5.41) is 0.629. The summed E-state index contributed by atoms with van der Waals surface area (Å²) in [6, 6.07) is 5.81. The molecule has 84 valence electrons. The van der Waals surface area contributed by atoms with Gasteiger partial charge in [0.15, 0.2) is 5.76 Å². The average molecular weight is 238 g/mol. The van der Waals surface area contributed by atoms with Crippen LogP contribution >= 0.6 is 11.8 Å². The Hall–Kier alpha value is -1.29. The molecule has 4 heteroatoms. The quantitative estimate of drug-likeness (QED) is 0.763. The molecule has 0 spiro atoms. The van der Waals surface area contributed by atoms with Gasteiger partial charge in [-0.25, -0.2) is 4.39 Å². The number of benzene rings is 1. The maximum atomic E-state index is 12.9. The van der Waals surface area contributed by atoms with E-state index in [0.717, 1.165) is 5.75 Å². The minimum atomic E-state index is -0.324. The molecule has 0 saturated heterocycles. The van der Waals surface area contributed by atoms with Gasteiger partial charge in [0.25, 0.3) is 0 Å². The van der Waals surface area contributed by atoms with Gasteiger partial charge in [0, 0.05) is 5.39 Å². The van der Waals surface area contributed by atoms with Crippen LogP contribution in [0.1, 0.15) is 17.5 Å². The third-order valence-corrected chi connectivity index (χ3v) is 3.07. The predicted molar refractivity (Wildman–Crippen MR) is 63.5 cm³/mol. The van der Waals surface area contributed by atoms with E-state index in [2.05, 4.69) is 0 Å². The van der Waals surface area contributed by atoms with Crippen molar-refractivity contribution in [2.75, 3.05) is 11.5 Å². The fraction of sp³-hybridized carbons (Fsp3) is 0.250. The number of furan rings is 1. The summed E-state index contributed by atoms with van der Waals surface area (Å²) in [7, 11) is 0. The maximum absolute atomic E-state index is 12.9. The van der Waals surface area contributed by atoms with Crippen LogP contribution in [0.25, 0.3) is 11.0 Å². The molecule has 0 amide bonds. The molecule has 0 bridgehead atoms. The van der Waals surface area contributed by atoms with Crippen LogP contribution < -0.4 is 0 Å². The highest BCUT2D eigenvalue weighted by Gasteiger charge is 2.12. The van der Waals surface area contributed by atoms with Crippen molar-refractivity contribution in [2.24, 2.45) is 0 Å². The van der Waals surface area contributed by atoms with Gasteiger partial charge in [-0.15, -0.1) is 0 Å². The van der Waals surface area contributed by atoms with Gasteiger partial charge in [-0.2, -0.15) is 11.8 Å². The fourth-order valence-corrected chi connectivity index (χ4v) is 1.95. The molecule has 0 atom stereocenters. The van der Waals surface area contributed by atoms with Gasteiger partial charge >= 0.3 is 0 Å². The Balaban J connectivity index is 2.28. The first kappa shape index (κ1) is 11.2. The summed E-state index contributed by atoms with van der Waals surface area (Å²) in [5.74, 6) is 1.22. The van der Waals surface area contributed by atoms with Crippen LogP contribution in [0.3, 0.4) is 0 Å². The van der Waals surface area contributed by atoms with Gasteiger partial charge < -0.3 is 4.42 Å². The molecule has 1 aromatic heterocycles. The van der Waals surface area contributed by atoms with Gasteiger partial charge in [0.05, 0.1) is 5.75 Å². The van der Waals surface area contributed by atoms with E-state index in [1.807, 2.05) is 6.92 Å². The van der Waals surface area contributed by atoms with Crippen LogP contribution in [0, 0.1) is 5.82 Å². The Bertz CT molecular complexity index is 519. The van der Waals surface area contributed by atoms with Crippen molar-refractivity contribution in [1.29, 1.82) is 0 Å². The largest absolute Gasteiger partial charge is 0.453 e. The lowest BCUT2D eigenvalue weighted by atomic mass is 10.2. The van der Waals surface area contributed by atoms with Crippen molar-refractivity contribution < 1.29 is 13.6 Å². The van der Waals surface area contributed by atoms with Gasteiger partial charge in [-0.1, -0.05) is 6.92 Å². The van der Waals surface area contributed by atoms with Crippen molar-refractivity contribution in [2.45, 2.75) is 6.92 Å². The molecule has 0 radical (unpaired) electrons. The summed E-state index contributed by atoms with van der Waals surface area (Å²) in [4.78, 5) is 11.6. The van der Waals surface area contributed by atoms with Crippen molar-refractivity contribution in [3.8, 4) is 0 Å². The zero-order valence-electron chi connectivity index (χ0n) is 8.83. The molecule has 16 heavy (non-hydrogen) atoms. The lowest BCUT2D eigenvalue weighted by Gasteiger charge is -1.93. The van der Waals surface area contributed by atoms with E-state index in [1.165, 1.54) is 18.2 Å². The summed E-state index contributed by atoms with van der Waals surface area (Å²) in [5.41, 5.74) is 0.547. The summed E-state index contributed by atoms with van der Waals surface area (Å²) < 4.78 is 18.3. The fourth-order valence-electron chi connectivity index (χ4n) is 1.42. The van der Waals surface area contributed by atoms with Crippen LogP contribution in [0.4, 0.5) is 4.39 Å². The Labute approximate surface area is 96.8 Å². The van der Waals surface area contributed by atoms with E-state index in [0.29, 0.717) is 22.5 Å². The molecule has 2 rings (SSSR count). The molecule has 2 nitrogen and oxygen atoms in total. The van der Waals surface area contributed by atoms with E-state index in [-0.39, 0.29) is 11.6 Å². The second kappa shape index (κ2) is 4.70. The monoisotopic (exact) mass is 238 g/mol. The normalized spacial score (nSPS) is 10.9. The Morgan fingerprint density at radius 3 is 3.00 bits per heavy atom. The first-order valence-corrected chi connectivity index (χ1v) is 6.16. The Kier molecular flexibility index (Phi) is 3.29. The average Bonchev–Trinajstić information content (AvgIpc) is 2.68. The molecule has 0 aliphatic rings. The Morgan fingerprint density at radius 1 is 1.44 bits per heavy atom. The van der Waals surface area contributed by atoms with E-state index >= 15 is 0 Å². The molecule has 0 N–H and O–H groups in total. The number of carbonyl (C=O) groups excluding carboxylic acids is 1. The number of thioether (sulfide) groups is 1. The lowest BCUT2D eigenvalue weighted by molar-refractivity contribution is 0.0994. The molecule has 0 aliphatic carbocycles. The van der Waals surface area contributed by atoms with Crippen LogP contribution in [0.15, 0.2) is 28.7 Å². The van der Waals surface area contributed by atoms with Crippen molar-refractivity contribution in [1.82, 2.24) is 0 Å². The molecule has 1 heterocycles. The third-order valence-electron chi connectivity index (χ3n) is 2.19. The standard InChI is InChI=1S/C12H11FO2S/c1-2-16-7-10(14)12-6-8-5-9(13)3-4-11(8)15-12/h3-6H,2,7H2,1H3. The van der Waals surface area contributed by atoms with Crippen molar-refractivity contribution >= 4 is 28.5 Å². The van der Waals surface area contributed by atoms with E-state index in [4.69, 9.17) is 4.42 Å². The van der Waals surface area contributed by atoms with Gasteiger partial charge in [0.1, 0.15) is 11.4 Å². The number of hydrogen-bond acceptors (Lipinski definition) is 3. The molecular weight excluding hydrogens is 227 g/mol. The molecular formula is C12H11FO2S. The number of Topliss-reactive ketones (excluding diaryl/α,β-unsaturated/α-hetero) is 1. The summed E-state index contributed by atoms with van der Waals surface area (Å²) >= 11 is 1.54. The molecule has 2 aromatic rings. The number of carbonyl (C=O) groups is 1. The minimum Gasteiger partial charge on any atom is -0.453 e. The topological polar surface area (TPSA) is 30.2 Å². The summed E-state index contributed by atoms with van der Waals surface area (Å²) in [6.07, 6.45) is 0. The van der Waals surface area contributed by atoms with Crippen LogP contribution in [-0.4, -0.2) is 17.3 Å². The third kappa shape index (κ3) is 2.27. The zero-order valence-corrected chi connectivity index (χ0v) is 9.64. The predicted octanol–water partition coefficient (Wildman–Crippen LogP) is 3.51. The van der Waals surface area contributed by atoms with Gasteiger partial charge in [0.2, 0.25) is 5.78 Å². The molecule has 0 aliphatic heterocycles. The van der Waals surface area contributed by atoms with Crippen molar-refractivity contribution in [3.05, 3.63) is 35.8 Å². The number of fused-ring (bicyclic) bond motifs is 1. The second-order valence-electron chi connectivity index (χ2n) is 3.35. The molecule has 0 fully saturated rings. The number of halogens is 1. The molecule has 0 unspecified atom stereocenters. The number of ketones is 1. The first-order chi connectivity index (χ1) is 7.70. The van der Waals surface area contributed by atoms with Crippen molar-refractivity contribution in [3.63, 3.8) is 0 Å². The highest BCUT2D eigenvalue weighted by atomic mass is 32.2. The van der Waals surface area contributed by atoms with Crippen LogP contribution in [-0.2, 0) is 0 Å². The zero-order chi connectivity index (χ0) is 11.5. The number of hydrogen-bond donors (Lipinski definition) is 0. The number of rotatable bonds is 4. The Morgan fingerprint density at radius 2 is 2.25 bits per heavy atom. The van der Waals surface area contributed by atoms with Gasteiger partial charge in [-0.05, 0) is 30.0 Å². The first-order valence-electron chi connectivity index (χ1n) is 5.00. The lowest BCUT2D eigenvalue weighted by Crippen LogP contribution is -2.00. The maximum Gasteiger partial charge on any atom is 0.207 e. The minimum absolute atomic E-state index is 0.0524. The summed E-state index contributed by atoms with van der Waals surface area (Å²) in [6.45, 7) is 1.99. The van der Waals surface area contributed by atoms with Crippen LogP contribution in [0.2, 0.25) is 0 Å². The van der Waals surface area contributed by atoms with E-state index in [9.17, 15) is 9.18 Å². The smallest absolute Gasteiger partial charge is 0.207 e. The highest BCUT2D eigenvalue weighted by Crippen LogP contribution is 2.21. The van der Waals surface area contributed by atoms with Crippen LogP contribution in [0.5, 0.6) is 0 Å². The van der Waals surface area contributed by atoms with Gasteiger partial charge in [-0.3, -0.25) is 4.79 Å². The van der Waals surface area contributed by atoms with E-state index in [1.54, 1.807) is 17.8 Å². The SMILES string of the molecule is CCSCC(=O)c1cc2cc(F)ccc2o1. The second-order valence-corrected chi connectivity index (χ2v) is 4.63. The molecule has 1 aromatic carbocycles. The van der Waals surface area contributed by atoms with E-state index < -0.39 is 0 Å².